The molecule has 9 heteroatoms. The van der Waals surface area contributed by atoms with Crippen LogP contribution < -0.4 is 0 Å². The predicted octanol–water partition coefficient (Wildman–Crippen LogP) is 0.888. The molecule has 0 fully saturated rings. The first kappa shape index (κ1) is 5.09. The Bertz CT molecular complexity index is 491. The molecule has 1 aromatic heterocycles. The molecule has 12 heavy (non-hydrogen) atoms. The number of tetrazole rings is 1. The Morgan fingerprint density at radius 1 is 1.17 bits per heavy atom. The van der Waals surface area contributed by atoms with Gasteiger partial charge < -0.3 is 0 Å². The molecule has 3 aliphatic heterocycles. The molecule has 3 aliphatic rings. The molecule has 0 aromatic carbocycles. The number of rotatable bonds is 0. The average molecular weight is 182 g/mol. The van der Waals surface area contributed by atoms with Gasteiger partial charge in [0.1, 0.15) is 0 Å². The van der Waals surface area contributed by atoms with E-state index in [9.17, 15) is 0 Å². The summed E-state index contributed by atoms with van der Waals surface area (Å²) in [6, 6.07) is 0. The van der Waals surface area contributed by atoms with Crippen molar-refractivity contribution < 1.29 is 0 Å². The molecule has 0 unspecified atom stereocenters. The summed E-state index contributed by atoms with van der Waals surface area (Å²) in [6.45, 7) is 0. The molecule has 0 saturated heterocycles. The maximum atomic E-state index is 4.02. The van der Waals surface area contributed by atoms with E-state index in [1.165, 1.54) is 4.20 Å². The van der Waals surface area contributed by atoms with E-state index >= 15 is 0 Å². The molecule has 0 atom stereocenters. The van der Waals surface area contributed by atoms with E-state index in [1.54, 1.807) is 11.5 Å². The first-order chi connectivity index (χ1) is 5.72. The van der Waals surface area contributed by atoms with Crippen molar-refractivity contribution in [2.75, 3.05) is 0 Å². The van der Waals surface area contributed by atoms with Crippen molar-refractivity contribution in [1.29, 1.82) is 0 Å². The monoisotopic (exact) mass is 182 g/mol. The number of aromatic nitrogens is 4. The molecular weight excluding hydrogens is 180 g/mol. The fourth-order valence-corrected chi connectivity index (χ4v) is 3.82. The summed E-state index contributed by atoms with van der Waals surface area (Å²) in [4.78, 5) is 0. The first-order valence-corrected chi connectivity index (χ1v) is 5.51. The van der Waals surface area contributed by atoms with Gasteiger partial charge in [-0.3, -0.25) is 0 Å². The van der Waals surface area contributed by atoms with Crippen LogP contribution >= 0.6 is 9.22 Å². The van der Waals surface area contributed by atoms with Crippen LogP contribution in [0.4, 0.5) is 0 Å². The lowest BCUT2D eigenvalue weighted by Gasteiger charge is -2.31. The Balaban J connectivity index is 2.23. The number of nitrogens with zero attached hydrogens (tertiary/aromatic N) is 8. The van der Waals surface area contributed by atoms with Gasteiger partial charge in [0.2, 0.25) is 0 Å². The van der Waals surface area contributed by atoms with Gasteiger partial charge in [0.15, 0.2) is 15.0 Å². The highest BCUT2D eigenvalue weighted by atomic mass is 32.4. The van der Waals surface area contributed by atoms with Crippen molar-refractivity contribution in [1.82, 2.24) is 19.6 Å². The third-order valence-electron chi connectivity index (χ3n) is 2.11. The highest BCUT2D eigenvalue weighted by molar-refractivity contribution is 8.67. The second-order valence-electron chi connectivity index (χ2n) is 2.87. The van der Waals surface area contributed by atoms with Gasteiger partial charge in [-0.2, -0.15) is 0 Å². The maximum Gasteiger partial charge on any atom is 0.199 e. The van der Waals surface area contributed by atoms with E-state index in [2.05, 4.69) is 33.5 Å². The fraction of sp³-hybridized carbons (Fsp3) is 0. The number of hydrogen-bond acceptors (Lipinski definition) is 7. The van der Waals surface area contributed by atoms with Crippen LogP contribution in [0.2, 0.25) is 0 Å². The van der Waals surface area contributed by atoms with Crippen LogP contribution in [0.3, 0.4) is 0 Å². The summed E-state index contributed by atoms with van der Waals surface area (Å²) in [5.41, 5.74) is 0. The van der Waals surface area contributed by atoms with Crippen LogP contribution in [0.25, 0.3) is 6.08 Å². The fourth-order valence-electron chi connectivity index (χ4n) is 1.16. The Kier molecular flexibility index (Phi) is 0.345. The highest BCUT2D eigenvalue weighted by Crippen LogP contribution is 3.13. The Morgan fingerprint density at radius 2 is 1.92 bits per heavy atom. The lowest BCUT2D eigenvalue weighted by molar-refractivity contribution is 0.796. The van der Waals surface area contributed by atoms with Gasteiger partial charge in [-0.1, -0.05) is 22.3 Å². The first-order valence-electron chi connectivity index (χ1n) is 3.22. The van der Waals surface area contributed by atoms with Crippen molar-refractivity contribution in [3.05, 3.63) is 11.2 Å². The molecule has 4 heterocycles. The molecule has 60 valence electrons. The smallest absolute Gasteiger partial charge is 0.117 e. The SMILES string of the molecule is C1=CS23(N=N2)(N=N3)n2nnc1n2. The second-order valence-corrected chi connectivity index (χ2v) is 6.81. The minimum absolute atomic E-state index is 0.547. The minimum Gasteiger partial charge on any atom is -0.117 e. The maximum absolute atomic E-state index is 4.02. The zero-order valence-electron chi connectivity index (χ0n) is 5.64. The van der Waals surface area contributed by atoms with Gasteiger partial charge in [0.25, 0.3) is 0 Å². The van der Waals surface area contributed by atoms with Crippen LogP contribution in [0, 0.1) is 0 Å². The van der Waals surface area contributed by atoms with Gasteiger partial charge in [0, 0.05) is 5.41 Å². The molecule has 1 spiro atoms. The van der Waals surface area contributed by atoms with E-state index < -0.39 is 9.22 Å². The molecule has 2 bridgehead atoms. The Hall–Kier alpha value is -1.64. The normalized spacial score (nSPS) is 37.0. The van der Waals surface area contributed by atoms with Crippen molar-refractivity contribution in [3.8, 4) is 0 Å². The number of hydrogen-bond donors (Lipinski definition) is 0. The Morgan fingerprint density at radius 3 is 2.58 bits per heavy atom. The molecule has 0 amide bonds. The number of fused-ring (bicyclic) bond motifs is 2. The highest BCUT2D eigenvalue weighted by Gasteiger charge is 2.84. The summed E-state index contributed by atoms with van der Waals surface area (Å²) < 4.78 is 17.1. The summed E-state index contributed by atoms with van der Waals surface area (Å²) in [6.07, 6.45) is 1.70. The summed E-state index contributed by atoms with van der Waals surface area (Å²) in [7, 11) is -3.37. The van der Waals surface area contributed by atoms with Crippen molar-refractivity contribution >= 4 is 15.3 Å². The lowest BCUT2D eigenvalue weighted by atomic mass is 10.6. The molecule has 0 saturated carbocycles. The van der Waals surface area contributed by atoms with E-state index in [0.29, 0.717) is 5.82 Å². The van der Waals surface area contributed by atoms with Gasteiger partial charge in [-0.25, -0.2) is 0 Å². The van der Waals surface area contributed by atoms with Crippen molar-refractivity contribution in [3.63, 3.8) is 0 Å². The minimum atomic E-state index is -3.37. The third-order valence-corrected chi connectivity index (χ3v) is 5.36. The Labute approximate surface area is 65.0 Å². The zero-order chi connectivity index (χ0) is 7.93. The van der Waals surface area contributed by atoms with Crippen LogP contribution in [0.1, 0.15) is 5.82 Å². The lowest BCUT2D eigenvalue weighted by Crippen LogP contribution is -2.17. The van der Waals surface area contributed by atoms with Crippen molar-refractivity contribution in [2.24, 2.45) is 18.1 Å². The van der Waals surface area contributed by atoms with E-state index in [0.717, 1.165) is 0 Å². The largest absolute Gasteiger partial charge is 0.199 e. The van der Waals surface area contributed by atoms with Gasteiger partial charge in [-0.05, 0) is 11.3 Å². The van der Waals surface area contributed by atoms with Gasteiger partial charge in [-0.15, -0.1) is 10.2 Å². The molecule has 0 aliphatic carbocycles. The van der Waals surface area contributed by atoms with Crippen LogP contribution in [-0.2, 0) is 0 Å². The summed E-state index contributed by atoms with van der Waals surface area (Å²) >= 11 is 0. The predicted molar refractivity (Wildman–Crippen MR) is 39.6 cm³/mol. The molecular formula is C3H2N8S. The topological polar surface area (TPSA) is 93.0 Å². The molecule has 4 rings (SSSR count). The standard InChI is InChI=1S/C3H2N8S/c1-2-12(7-8-12,9-10-12)11-5-3(1)4-6-11/h1-2H. The molecule has 0 radical (unpaired) electrons. The van der Waals surface area contributed by atoms with Crippen molar-refractivity contribution in [2.45, 2.75) is 0 Å². The molecule has 1 aromatic rings. The third kappa shape index (κ3) is 0.241. The van der Waals surface area contributed by atoms with E-state index in [1.807, 2.05) is 0 Å². The van der Waals surface area contributed by atoms with Gasteiger partial charge in [0.05, 0.1) is 0 Å². The zero-order valence-corrected chi connectivity index (χ0v) is 6.46. The van der Waals surface area contributed by atoms with Crippen LogP contribution in [0.5, 0.6) is 0 Å². The van der Waals surface area contributed by atoms with Crippen LogP contribution in [0.15, 0.2) is 23.5 Å². The quantitative estimate of drug-likeness (QED) is 0.596. The molecule has 0 N–H and O–H groups in total. The molecule has 8 nitrogen and oxygen atoms in total. The average Bonchev–Trinajstić information content (AvgIpc) is 2.94. The van der Waals surface area contributed by atoms with E-state index in [-0.39, 0.29) is 0 Å². The second kappa shape index (κ2) is 0.813. The van der Waals surface area contributed by atoms with E-state index in [4.69, 9.17) is 0 Å². The van der Waals surface area contributed by atoms with Crippen LogP contribution in [-0.4, -0.2) is 19.6 Å². The summed E-state index contributed by atoms with van der Waals surface area (Å²) in [5, 5.41) is 13.3. The van der Waals surface area contributed by atoms with Gasteiger partial charge >= 0.3 is 0 Å². The summed E-state index contributed by atoms with van der Waals surface area (Å²) in [5.74, 6) is 0.547.